The van der Waals surface area contributed by atoms with E-state index < -0.39 is 0 Å². The Morgan fingerprint density at radius 2 is 2.00 bits per heavy atom. The molecule has 1 aromatic rings. The molecule has 5 atom stereocenters. The Balaban J connectivity index is 2.33. The highest BCUT2D eigenvalue weighted by Gasteiger charge is 2.42. The van der Waals surface area contributed by atoms with Gasteiger partial charge in [-0.3, -0.25) is 0 Å². The zero-order valence-electron chi connectivity index (χ0n) is 13.2. The summed E-state index contributed by atoms with van der Waals surface area (Å²) in [6.45, 7) is 9.34. The smallest absolute Gasteiger partial charge is 0.129 e. The minimum Gasteiger partial charge on any atom is -0.375 e. The van der Waals surface area contributed by atoms with Gasteiger partial charge in [0.2, 0.25) is 0 Å². The van der Waals surface area contributed by atoms with Crippen LogP contribution in [-0.2, 0) is 4.74 Å². The fourth-order valence-electron chi connectivity index (χ4n) is 3.38. The third-order valence-electron chi connectivity index (χ3n) is 4.62. The number of benzene rings is 1. The van der Waals surface area contributed by atoms with E-state index in [0.717, 1.165) is 13.0 Å². The standard InChI is InChI=1S/C17H25ClFNO/c1-5-8-20-17(14-7-6-13(18)9-15(14)19)16-10(2)11(3)21-12(16)4/h6-7,9-12,16-17,20H,5,8H2,1-4H3. The first kappa shape index (κ1) is 16.7. The van der Waals surface area contributed by atoms with E-state index in [4.69, 9.17) is 16.3 Å². The molecule has 1 N–H and O–H groups in total. The molecule has 21 heavy (non-hydrogen) atoms. The normalized spacial score (nSPS) is 30.6. The van der Waals surface area contributed by atoms with Gasteiger partial charge < -0.3 is 10.1 Å². The number of hydrogen-bond acceptors (Lipinski definition) is 2. The molecule has 1 aliphatic heterocycles. The lowest BCUT2D eigenvalue weighted by atomic mass is 9.80. The Kier molecular flexibility index (Phi) is 5.64. The van der Waals surface area contributed by atoms with Crippen molar-refractivity contribution in [3.8, 4) is 0 Å². The molecule has 118 valence electrons. The van der Waals surface area contributed by atoms with Gasteiger partial charge in [-0.15, -0.1) is 0 Å². The van der Waals surface area contributed by atoms with Crippen LogP contribution in [0.3, 0.4) is 0 Å². The van der Waals surface area contributed by atoms with Crippen molar-refractivity contribution in [3.63, 3.8) is 0 Å². The largest absolute Gasteiger partial charge is 0.375 e. The third-order valence-corrected chi connectivity index (χ3v) is 4.85. The van der Waals surface area contributed by atoms with E-state index in [2.05, 4.69) is 33.0 Å². The van der Waals surface area contributed by atoms with Crippen molar-refractivity contribution in [2.24, 2.45) is 11.8 Å². The first-order valence-electron chi connectivity index (χ1n) is 7.79. The maximum atomic E-state index is 14.4. The van der Waals surface area contributed by atoms with Gasteiger partial charge in [0.25, 0.3) is 0 Å². The predicted molar refractivity (Wildman–Crippen MR) is 85.1 cm³/mol. The summed E-state index contributed by atoms with van der Waals surface area (Å²) in [5.74, 6) is 0.390. The number of rotatable bonds is 5. The molecule has 0 aliphatic carbocycles. The quantitative estimate of drug-likeness (QED) is 0.859. The van der Waals surface area contributed by atoms with Crippen molar-refractivity contribution in [3.05, 3.63) is 34.6 Å². The van der Waals surface area contributed by atoms with E-state index in [9.17, 15) is 4.39 Å². The van der Waals surface area contributed by atoms with E-state index in [0.29, 0.717) is 16.5 Å². The van der Waals surface area contributed by atoms with Crippen LogP contribution in [0.15, 0.2) is 18.2 Å². The maximum absolute atomic E-state index is 14.4. The van der Waals surface area contributed by atoms with Gasteiger partial charge in [0.05, 0.1) is 12.2 Å². The topological polar surface area (TPSA) is 21.3 Å². The Morgan fingerprint density at radius 1 is 1.29 bits per heavy atom. The van der Waals surface area contributed by atoms with E-state index in [1.165, 1.54) is 6.07 Å². The first-order chi connectivity index (χ1) is 9.95. The molecule has 0 amide bonds. The number of hydrogen-bond donors (Lipinski definition) is 1. The Bertz CT molecular complexity index is 482. The molecule has 2 rings (SSSR count). The van der Waals surface area contributed by atoms with Gasteiger partial charge in [-0.25, -0.2) is 4.39 Å². The predicted octanol–water partition coefficient (Wildman–Crippen LogP) is 4.58. The Labute approximate surface area is 132 Å². The first-order valence-corrected chi connectivity index (χ1v) is 8.17. The van der Waals surface area contributed by atoms with Crippen LogP contribution in [0.2, 0.25) is 5.02 Å². The van der Waals surface area contributed by atoms with Gasteiger partial charge in [-0.05, 0) is 44.9 Å². The van der Waals surface area contributed by atoms with Gasteiger partial charge in [-0.2, -0.15) is 0 Å². The minimum absolute atomic E-state index is 0.0443. The molecule has 0 radical (unpaired) electrons. The summed E-state index contributed by atoms with van der Waals surface area (Å²) in [6.07, 6.45) is 1.32. The van der Waals surface area contributed by atoms with Gasteiger partial charge in [0, 0.05) is 22.5 Å². The molecule has 5 unspecified atom stereocenters. The zero-order valence-corrected chi connectivity index (χ0v) is 14.0. The van der Waals surface area contributed by atoms with E-state index in [-0.39, 0.29) is 30.0 Å². The zero-order chi connectivity index (χ0) is 15.6. The van der Waals surface area contributed by atoms with Crippen molar-refractivity contribution in [1.82, 2.24) is 5.32 Å². The Morgan fingerprint density at radius 3 is 2.52 bits per heavy atom. The highest BCUT2D eigenvalue weighted by molar-refractivity contribution is 6.30. The van der Waals surface area contributed by atoms with E-state index in [1.807, 2.05) is 0 Å². The van der Waals surface area contributed by atoms with Gasteiger partial charge in [-0.1, -0.05) is 31.5 Å². The van der Waals surface area contributed by atoms with Crippen LogP contribution in [0, 0.1) is 17.7 Å². The second-order valence-electron chi connectivity index (χ2n) is 6.08. The van der Waals surface area contributed by atoms with Crippen molar-refractivity contribution in [1.29, 1.82) is 0 Å². The monoisotopic (exact) mass is 313 g/mol. The molecule has 0 spiro atoms. The van der Waals surface area contributed by atoms with Crippen molar-refractivity contribution in [2.75, 3.05) is 6.54 Å². The summed E-state index contributed by atoms with van der Waals surface area (Å²) < 4.78 is 20.3. The molecule has 1 aromatic carbocycles. The number of ether oxygens (including phenoxy) is 1. The molecule has 1 fully saturated rings. The molecular weight excluding hydrogens is 289 g/mol. The van der Waals surface area contributed by atoms with Crippen LogP contribution in [-0.4, -0.2) is 18.8 Å². The molecular formula is C17H25ClFNO. The van der Waals surface area contributed by atoms with E-state index in [1.54, 1.807) is 12.1 Å². The minimum atomic E-state index is -0.241. The Hall–Kier alpha value is -0.640. The molecule has 2 nitrogen and oxygen atoms in total. The average Bonchev–Trinajstić information content (AvgIpc) is 2.67. The van der Waals surface area contributed by atoms with Gasteiger partial charge >= 0.3 is 0 Å². The molecule has 0 saturated carbocycles. The second kappa shape index (κ2) is 7.08. The summed E-state index contributed by atoms with van der Waals surface area (Å²) in [4.78, 5) is 0. The maximum Gasteiger partial charge on any atom is 0.129 e. The lowest BCUT2D eigenvalue weighted by molar-refractivity contribution is 0.0473. The van der Waals surface area contributed by atoms with Crippen molar-refractivity contribution in [2.45, 2.75) is 52.4 Å². The van der Waals surface area contributed by atoms with Crippen LogP contribution in [0.25, 0.3) is 0 Å². The highest BCUT2D eigenvalue weighted by Crippen LogP contribution is 2.41. The summed E-state index contributed by atoms with van der Waals surface area (Å²) >= 11 is 5.88. The fourth-order valence-corrected chi connectivity index (χ4v) is 3.53. The number of nitrogens with one attached hydrogen (secondary N) is 1. The SMILES string of the molecule is CCCNC(c1ccc(Cl)cc1F)C1C(C)OC(C)C1C. The van der Waals surface area contributed by atoms with Crippen molar-refractivity contribution >= 4 is 11.6 Å². The van der Waals surface area contributed by atoms with E-state index >= 15 is 0 Å². The fraction of sp³-hybridized carbons (Fsp3) is 0.647. The van der Waals surface area contributed by atoms with Crippen LogP contribution >= 0.6 is 11.6 Å². The molecule has 1 heterocycles. The lowest BCUT2D eigenvalue weighted by Crippen LogP contribution is -2.36. The van der Waals surface area contributed by atoms with Crippen LogP contribution in [0.5, 0.6) is 0 Å². The number of halogens is 2. The molecule has 1 saturated heterocycles. The second-order valence-corrected chi connectivity index (χ2v) is 6.52. The average molecular weight is 314 g/mol. The summed E-state index contributed by atoms with van der Waals surface area (Å²) in [7, 11) is 0. The molecule has 0 bridgehead atoms. The third kappa shape index (κ3) is 3.58. The summed E-state index contributed by atoms with van der Waals surface area (Å²) in [5.41, 5.74) is 0.689. The molecule has 0 aromatic heterocycles. The van der Waals surface area contributed by atoms with Crippen molar-refractivity contribution < 1.29 is 9.13 Å². The highest BCUT2D eigenvalue weighted by atomic mass is 35.5. The summed E-state index contributed by atoms with van der Waals surface area (Å²) in [6, 6.07) is 4.91. The molecule has 1 aliphatic rings. The van der Waals surface area contributed by atoms with Crippen LogP contribution in [0.1, 0.15) is 45.7 Å². The lowest BCUT2D eigenvalue weighted by Gasteiger charge is -2.30. The molecule has 4 heteroatoms. The van der Waals surface area contributed by atoms with Crippen LogP contribution in [0.4, 0.5) is 4.39 Å². The van der Waals surface area contributed by atoms with Gasteiger partial charge in [0.1, 0.15) is 5.82 Å². The van der Waals surface area contributed by atoms with Crippen LogP contribution < -0.4 is 5.32 Å². The summed E-state index contributed by atoms with van der Waals surface area (Å²) in [5, 5.41) is 3.94. The van der Waals surface area contributed by atoms with Gasteiger partial charge in [0.15, 0.2) is 0 Å².